The first-order valence-electron chi connectivity index (χ1n) is 7.14. The number of hydrogen-bond acceptors (Lipinski definition) is 4. The molecule has 2 aromatic rings. The number of nitriles is 1. The lowest BCUT2D eigenvalue weighted by Crippen LogP contribution is -2.06. The van der Waals surface area contributed by atoms with Crippen LogP contribution >= 0.6 is 0 Å². The van der Waals surface area contributed by atoms with Gasteiger partial charge >= 0.3 is 0 Å². The normalized spacial score (nSPS) is 10.5. The minimum atomic E-state index is 0.127. The van der Waals surface area contributed by atoms with Crippen molar-refractivity contribution in [1.82, 2.24) is 9.55 Å². The Kier molecular flexibility index (Phi) is 4.94. The van der Waals surface area contributed by atoms with E-state index in [0.717, 1.165) is 23.2 Å². The highest BCUT2D eigenvalue weighted by atomic mass is 16.5. The van der Waals surface area contributed by atoms with Crippen molar-refractivity contribution in [2.75, 3.05) is 6.61 Å². The molecule has 21 heavy (non-hydrogen) atoms. The number of imidazole rings is 1. The molecule has 0 unspecified atom stereocenters. The van der Waals surface area contributed by atoms with E-state index in [1.807, 2.05) is 22.8 Å². The van der Waals surface area contributed by atoms with Crippen molar-refractivity contribution in [2.24, 2.45) is 0 Å². The number of Topliss-reactive ketones (excluding diaryl/α,β-unsaturated/α-hetero) is 1. The van der Waals surface area contributed by atoms with Crippen LogP contribution < -0.4 is 4.74 Å². The number of ether oxygens (including phenoxy) is 1. The third-order valence-electron chi connectivity index (χ3n) is 3.20. The number of ketones is 1. The molecular weight excluding hydrogens is 266 g/mol. The van der Waals surface area contributed by atoms with Gasteiger partial charge in [-0.1, -0.05) is 6.92 Å². The summed E-state index contributed by atoms with van der Waals surface area (Å²) in [6.07, 6.45) is 1.63. The number of nitrogens with zero attached hydrogens (tertiary/aromatic N) is 3. The molecule has 0 fully saturated rings. The Bertz CT molecular complexity index is 683. The van der Waals surface area contributed by atoms with Gasteiger partial charge in [0.15, 0.2) is 0 Å². The summed E-state index contributed by atoms with van der Waals surface area (Å²) in [6.45, 7) is 4.85. The number of aromatic nitrogens is 2. The highest BCUT2D eigenvalue weighted by molar-refractivity contribution is 5.79. The van der Waals surface area contributed by atoms with Gasteiger partial charge in [0, 0.05) is 19.0 Å². The first-order valence-corrected chi connectivity index (χ1v) is 7.14. The fourth-order valence-corrected chi connectivity index (χ4v) is 2.19. The molecule has 0 amide bonds. The van der Waals surface area contributed by atoms with Gasteiger partial charge < -0.3 is 9.30 Å². The van der Waals surface area contributed by atoms with Gasteiger partial charge in [-0.2, -0.15) is 5.26 Å². The maximum atomic E-state index is 11.2. The van der Waals surface area contributed by atoms with Crippen LogP contribution in [-0.4, -0.2) is 21.9 Å². The third-order valence-corrected chi connectivity index (χ3v) is 3.20. The molecule has 0 radical (unpaired) electrons. The Labute approximate surface area is 124 Å². The van der Waals surface area contributed by atoms with Crippen LogP contribution in [0.5, 0.6) is 5.75 Å². The minimum absolute atomic E-state index is 0.127. The highest BCUT2D eigenvalue weighted by Gasteiger charge is 2.12. The molecule has 0 aliphatic rings. The molecule has 1 aromatic carbocycles. The van der Waals surface area contributed by atoms with Crippen molar-refractivity contribution >= 4 is 16.8 Å². The largest absolute Gasteiger partial charge is 0.494 e. The van der Waals surface area contributed by atoms with Gasteiger partial charge in [0.1, 0.15) is 17.4 Å². The monoisotopic (exact) mass is 285 g/mol. The lowest BCUT2D eigenvalue weighted by atomic mass is 10.2. The zero-order valence-electron chi connectivity index (χ0n) is 12.4. The zero-order chi connectivity index (χ0) is 15.2. The van der Waals surface area contributed by atoms with Gasteiger partial charge in [-0.05, 0) is 25.5 Å². The predicted molar refractivity (Wildman–Crippen MR) is 80.1 cm³/mol. The molecule has 0 atom stereocenters. The molecule has 2 rings (SSSR count). The van der Waals surface area contributed by atoms with E-state index in [0.29, 0.717) is 25.4 Å². The Morgan fingerprint density at radius 2 is 2.29 bits per heavy atom. The molecule has 0 N–H and O–H groups in total. The highest BCUT2D eigenvalue weighted by Crippen LogP contribution is 2.23. The molecule has 110 valence electrons. The number of hydrogen-bond donors (Lipinski definition) is 0. The Hall–Kier alpha value is -2.35. The number of carbonyl (C=O) groups is 1. The SMILES string of the molecule is CCCOc1ccc2c(c1)nc(CC#N)n2CCC(C)=O. The number of carbonyl (C=O) groups excluding carboxylic acids is 1. The van der Waals surface area contributed by atoms with Crippen molar-refractivity contribution in [3.63, 3.8) is 0 Å². The first-order chi connectivity index (χ1) is 10.2. The molecule has 0 saturated heterocycles. The lowest BCUT2D eigenvalue weighted by Gasteiger charge is -2.07. The molecule has 0 saturated carbocycles. The third kappa shape index (κ3) is 3.60. The van der Waals surface area contributed by atoms with Crippen LogP contribution in [0.25, 0.3) is 11.0 Å². The van der Waals surface area contributed by atoms with E-state index < -0.39 is 0 Å². The summed E-state index contributed by atoms with van der Waals surface area (Å²) in [4.78, 5) is 15.7. The second kappa shape index (κ2) is 6.89. The maximum Gasteiger partial charge on any atom is 0.131 e. The van der Waals surface area contributed by atoms with Crippen LogP contribution in [-0.2, 0) is 17.8 Å². The van der Waals surface area contributed by atoms with Crippen molar-refractivity contribution in [3.8, 4) is 11.8 Å². The zero-order valence-corrected chi connectivity index (χ0v) is 12.4. The molecule has 0 bridgehead atoms. The van der Waals surface area contributed by atoms with Crippen molar-refractivity contribution in [2.45, 2.75) is 39.7 Å². The van der Waals surface area contributed by atoms with Crippen LogP contribution in [0.4, 0.5) is 0 Å². The minimum Gasteiger partial charge on any atom is -0.494 e. The Balaban J connectivity index is 2.37. The smallest absolute Gasteiger partial charge is 0.131 e. The van der Waals surface area contributed by atoms with E-state index in [-0.39, 0.29) is 12.2 Å². The second-order valence-corrected chi connectivity index (χ2v) is 4.97. The fourth-order valence-electron chi connectivity index (χ4n) is 2.19. The van der Waals surface area contributed by atoms with E-state index in [2.05, 4.69) is 18.0 Å². The first kappa shape index (κ1) is 15.0. The van der Waals surface area contributed by atoms with Gasteiger partial charge in [-0.3, -0.25) is 4.79 Å². The molecular formula is C16H19N3O2. The van der Waals surface area contributed by atoms with Gasteiger partial charge in [-0.15, -0.1) is 0 Å². The van der Waals surface area contributed by atoms with Crippen LogP contribution in [0, 0.1) is 11.3 Å². The Morgan fingerprint density at radius 1 is 1.48 bits per heavy atom. The number of fused-ring (bicyclic) bond motifs is 1. The van der Waals surface area contributed by atoms with Crippen molar-refractivity contribution in [1.29, 1.82) is 5.26 Å². The average molecular weight is 285 g/mol. The fraction of sp³-hybridized carbons (Fsp3) is 0.438. The van der Waals surface area contributed by atoms with Gasteiger partial charge in [0.2, 0.25) is 0 Å². The van der Waals surface area contributed by atoms with E-state index >= 15 is 0 Å². The lowest BCUT2D eigenvalue weighted by molar-refractivity contribution is -0.117. The van der Waals surface area contributed by atoms with Crippen LogP contribution in [0.3, 0.4) is 0 Å². The standard InChI is InChI=1S/C16H19N3O2/c1-3-10-21-13-4-5-15-14(11-13)18-16(6-8-17)19(15)9-7-12(2)20/h4-5,11H,3,6-7,9-10H2,1-2H3. The number of rotatable bonds is 7. The summed E-state index contributed by atoms with van der Waals surface area (Å²) in [5.41, 5.74) is 1.74. The molecule has 5 nitrogen and oxygen atoms in total. The summed E-state index contributed by atoms with van der Waals surface area (Å²) in [6, 6.07) is 7.85. The molecule has 0 aliphatic carbocycles. The topological polar surface area (TPSA) is 67.9 Å². The molecule has 5 heteroatoms. The van der Waals surface area contributed by atoms with Gasteiger partial charge in [-0.25, -0.2) is 4.98 Å². The van der Waals surface area contributed by atoms with E-state index in [9.17, 15) is 4.79 Å². The summed E-state index contributed by atoms with van der Waals surface area (Å²) >= 11 is 0. The van der Waals surface area contributed by atoms with Crippen molar-refractivity contribution < 1.29 is 9.53 Å². The number of benzene rings is 1. The van der Waals surface area contributed by atoms with Gasteiger partial charge in [0.25, 0.3) is 0 Å². The summed E-state index contributed by atoms with van der Waals surface area (Å²) in [5.74, 6) is 1.60. The van der Waals surface area contributed by atoms with Crippen LogP contribution in [0.1, 0.15) is 32.5 Å². The summed E-state index contributed by atoms with van der Waals surface area (Å²) in [7, 11) is 0. The molecule has 1 heterocycles. The quantitative estimate of drug-likeness (QED) is 0.784. The molecule has 1 aromatic heterocycles. The predicted octanol–water partition coefficient (Wildman–Crippen LogP) is 2.87. The second-order valence-electron chi connectivity index (χ2n) is 4.97. The summed E-state index contributed by atoms with van der Waals surface area (Å²) < 4.78 is 7.55. The summed E-state index contributed by atoms with van der Waals surface area (Å²) in [5, 5.41) is 8.92. The van der Waals surface area contributed by atoms with Crippen molar-refractivity contribution in [3.05, 3.63) is 24.0 Å². The average Bonchev–Trinajstić information content (AvgIpc) is 2.80. The maximum absolute atomic E-state index is 11.2. The van der Waals surface area contributed by atoms with E-state index in [1.54, 1.807) is 6.92 Å². The van der Waals surface area contributed by atoms with E-state index in [4.69, 9.17) is 10.00 Å². The Morgan fingerprint density at radius 3 is 2.95 bits per heavy atom. The van der Waals surface area contributed by atoms with Crippen LogP contribution in [0.15, 0.2) is 18.2 Å². The molecule has 0 aliphatic heterocycles. The van der Waals surface area contributed by atoms with Gasteiger partial charge in [0.05, 0.1) is 30.1 Å². The van der Waals surface area contributed by atoms with Crippen LogP contribution in [0.2, 0.25) is 0 Å². The van der Waals surface area contributed by atoms with E-state index in [1.165, 1.54) is 0 Å². The number of aryl methyl sites for hydroxylation is 1. The molecule has 0 spiro atoms.